The summed E-state index contributed by atoms with van der Waals surface area (Å²) in [6, 6.07) is 0.619. The van der Waals surface area contributed by atoms with Crippen LogP contribution >= 0.6 is 0 Å². The number of hydrogen-bond acceptors (Lipinski definition) is 2. The minimum absolute atomic E-state index is 0.341. The Hall–Kier alpha value is -0.370. The molecule has 0 radical (unpaired) electrons. The van der Waals surface area contributed by atoms with Gasteiger partial charge < -0.3 is 5.32 Å². The predicted octanol–water partition coefficient (Wildman–Crippen LogP) is 1.35. The minimum atomic E-state index is 0.341. The van der Waals surface area contributed by atoms with Crippen LogP contribution in [-0.2, 0) is 4.79 Å². The zero-order valence-electron chi connectivity index (χ0n) is 7.68. The molecule has 2 fully saturated rings. The zero-order chi connectivity index (χ0) is 8.55. The number of piperidine rings is 1. The van der Waals surface area contributed by atoms with Crippen molar-refractivity contribution in [2.75, 3.05) is 6.54 Å². The highest BCUT2D eigenvalue weighted by atomic mass is 16.1. The van der Waals surface area contributed by atoms with Gasteiger partial charge in [0.05, 0.1) is 0 Å². The second-order valence-corrected chi connectivity index (χ2v) is 4.26. The Morgan fingerprint density at radius 1 is 1.17 bits per heavy atom. The predicted molar refractivity (Wildman–Crippen MR) is 47.9 cm³/mol. The lowest BCUT2D eigenvalue weighted by atomic mass is 9.90. The number of hydrogen-bond donors (Lipinski definition) is 1. The van der Waals surface area contributed by atoms with Gasteiger partial charge in [-0.3, -0.25) is 4.79 Å². The summed E-state index contributed by atoms with van der Waals surface area (Å²) in [5.41, 5.74) is 0. The minimum Gasteiger partial charge on any atom is -0.314 e. The fraction of sp³-hybridized carbons (Fsp3) is 0.900. The van der Waals surface area contributed by atoms with Crippen LogP contribution in [0.4, 0.5) is 0 Å². The topological polar surface area (TPSA) is 29.1 Å². The first-order valence-corrected chi connectivity index (χ1v) is 5.04. The molecule has 2 aliphatic rings. The van der Waals surface area contributed by atoms with Crippen molar-refractivity contribution in [2.45, 2.75) is 38.6 Å². The monoisotopic (exact) mass is 167 g/mol. The third-order valence-electron chi connectivity index (χ3n) is 3.04. The van der Waals surface area contributed by atoms with Gasteiger partial charge in [0, 0.05) is 24.4 Å². The SMILES string of the molecule is CC1CCC(C(=O)C2CC2)CN1. The van der Waals surface area contributed by atoms with Gasteiger partial charge in [-0.05, 0) is 32.6 Å². The second-order valence-electron chi connectivity index (χ2n) is 4.26. The van der Waals surface area contributed by atoms with Crippen LogP contribution in [0.2, 0.25) is 0 Å². The van der Waals surface area contributed by atoms with E-state index in [1.807, 2.05) is 0 Å². The number of ketones is 1. The molecule has 2 unspecified atom stereocenters. The standard InChI is InChI=1S/C10H17NO/c1-7-2-3-9(6-11-7)10(12)8-4-5-8/h7-9,11H,2-6H2,1H3. The summed E-state index contributed by atoms with van der Waals surface area (Å²) in [4.78, 5) is 11.6. The van der Waals surface area contributed by atoms with Crippen molar-refractivity contribution in [2.24, 2.45) is 11.8 Å². The Balaban J connectivity index is 1.84. The highest BCUT2D eigenvalue weighted by molar-refractivity contribution is 5.85. The summed E-state index contributed by atoms with van der Waals surface area (Å²) in [6.07, 6.45) is 4.60. The smallest absolute Gasteiger partial charge is 0.140 e. The lowest BCUT2D eigenvalue weighted by molar-refractivity contribution is -0.124. The molecule has 1 saturated heterocycles. The van der Waals surface area contributed by atoms with E-state index in [1.165, 1.54) is 6.42 Å². The van der Waals surface area contributed by atoms with E-state index in [0.29, 0.717) is 23.7 Å². The first-order chi connectivity index (χ1) is 5.77. The highest BCUT2D eigenvalue weighted by Gasteiger charge is 2.35. The molecule has 1 heterocycles. The lowest BCUT2D eigenvalue weighted by Crippen LogP contribution is -2.40. The van der Waals surface area contributed by atoms with E-state index in [-0.39, 0.29) is 0 Å². The lowest BCUT2D eigenvalue weighted by Gasteiger charge is -2.26. The molecule has 2 nitrogen and oxygen atoms in total. The summed E-state index contributed by atoms with van der Waals surface area (Å²) in [7, 11) is 0. The van der Waals surface area contributed by atoms with Crippen LogP contribution in [0, 0.1) is 11.8 Å². The molecule has 0 spiro atoms. The average molecular weight is 167 g/mol. The van der Waals surface area contributed by atoms with Gasteiger partial charge in [-0.2, -0.15) is 0 Å². The Kier molecular flexibility index (Phi) is 2.18. The molecule has 2 rings (SSSR count). The zero-order valence-corrected chi connectivity index (χ0v) is 7.68. The third kappa shape index (κ3) is 1.69. The molecule has 0 aromatic rings. The van der Waals surface area contributed by atoms with E-state index in [0.717, 1.165) is 25.8 Å². The van der Waals surface area contributed by atoms with Crippen molar-refractivity contribution in [1.29, 1.82) is 0 Å². The van der Waals surface area contributed by atoms with Gasteiger partial charge in [0.1, 0.15) is 5.78 Å². The Labute approximate surface area is 73.7 Å². The van der Waals surface area contributed by atoms with Crippen molar-refractivity contribution in [1.82, 2.24) is 5.32 Å². The molecular weight excluding hydrogens is 150 g/mol. The van der Waals surface area contributed by atoms with E-state index in [1.54, 1.807) is 0 Å². The molecule has 68 valence electrons. The summed E-state index contributed by atoms with van der Waals surface area (Å²) in [6.45, 7) is 3.12. The van der Waals surface area contributed by atoms with Crippen molar-refractivity contribution < 1.29 is 4.79 Å². The number of carbonyl (C=O) groups excluding carboxylic acids is 1. The van der Waals surface area contributed by atoms with Crippen molar-refractivity contribution in [3.63, 3.8) is 0 Å². The van der Waals surface area contributed by atoms with Crippen LogP contribution in [0.3, 0.4) is 0 Å². The van der Waals surface area contributed by atoms with Crippen LogP contribution in [-0.4, -0.2) is 18.4 Å². The molecule has 1 N–H and O–H groups in total. The normalized spacial score (nSPS) is 36.4. The van der Waals surface area contributed by atoms with Crippen LogP contribution in [0.5, 0.6) is 0 Å². The molecule has 2 heteroatoms. The van der Waals surface area contributed by atoms with Crippen LogP contribution in [0.1, 0.15) is 32.6 Å². The van der Waals surface area contributed by atoms with E-state index < -0.39 is 0 Å². The number of nitrogens with one attached hydrogen (secondary N) is 1. The number of carbonyl (C=O) groups is 1. The summed E-state index contributed by atoms with van der Waals surface area (Å²) in [5, 5.41) is 3.37. The Morgan fingerprint density at radius 3 is 2.33 bits per heavy atom. The summed E-state index contributed by atoms with van der Waals surface area (Å²) >= 11 is 0. The van der Waals surface area contributed by atoms with Crippen LogP contribution < -0.4 is 5.32 Å². The van der Waals surface area contributed by atoms with Gasteiger partial charge in [0.2, 0.25) is 0 Å². The molecule has 1 saturated carbocycles. The Morgan fingerprint density at radius 2 is 1.83 bits per heavy atom. The first-order valence-electron chi connectivity index (χ1n) is 5.04. The fourth-order valence-corrected chi connectivity index (χ4v) is 1.94. The van der Waals surface area contributed by atoms with Gasteiger partial charge >= 0.3 is 0 Å². The Bertz CT molecular complexity index is 178. The van der Waals surface area contributed by atoms with Crippen molar-refractivity contribution in [3.8, 4) is 0 Å². The van der Waals surface area contributed by atoms with Gasteiger partial charge in [-0.1, -0.05) is 0 Å². The molecule has 12 heavy (non-hydrogen) atoms. The van der Waals surface area contributed by atoms with Crippen molar-refractivity contribution in [3.05, 3.63) is 0 Å². The maximum atomic E-state index is 11.6. The molecule has 1 aliphatic heterocycles. The van der Waals surface area contributed by atoms with E-state index in [9.17, 15) is 4.79 Å². The maximum Gasteiger partial charge on any atom is 0.140 e. The second kappa shape index (κ2) is 3.17. The van der Waals surface area contributed by atoms with Gasteiger partial charge in [0.15, 0.2) is 0 Å². The quantitative estimate of drug-likeness (QED) is 0.672. The van der Waals surface area contributed by atoms with Crippen LogP contribution in [0.25, 0.3) is 0 Å². The van der Waals surface area contributed by atoms with Gasteiger partial charge in [0.25, 0.3) is 0 Å². The van der Waals surface area contributed by atoms with E-state index in [4.69, 9.17) is 0 Å². The van der Waals surface area contributed by atoms with Crippen molar-refractivity contribution >= 4 is 5.78 Å². The van der Waals surface area contributed by atoms with Gasteiger partial charge in [-0.25, -0.2) is 0 Å². The molecule has 2 atom stereocenters. The number of rotatable bonds is 2. The maximum absolute atomic E-state index is 11.6. The van der Waals surface area contributed by atoms with Crippen LogP contribution in [0.15, 0.2) is 0 Å². The highest BCUT2D eigenvalue weighted by Crippen LogP contribution is 2.34. The average Bonchev–Trinajstić information content (AvgIpc) is 2.87. The van der Waals surface area contributed by atoms with E-state index in [2.05, 4.69) is 12.2 Å². The fourth-order valence-electron chi connectivity index (χ4n) is 1.94. The summed E-state index contributed by atoms with van der Waals surface area (Å²) in [5.74, 6) is 1.33. The van der Waals surface area contributed by atoms with Gasteiger partial charge in [-0.15, -0.1) is 0 Å². The number of Topliss-reactive ketones (excluding diaryl/α,β-unsaturated/α-hetero) is 1. The van der Waals surface area contributed by atoms with E-state index >= 15 is 0 Å². The summed E-state index contributed by atoms with van der Waals surface area (Å²) < 4.78 is 0. The first kappa shape index (κ1) is 8.24. The largest absolute Gasteiger partial charge is 0.314 e. The molecular formula is C10H17NO. The third-order valence-corrected chi connectivity index (χ3v) is 3.04. The molecule has 0 bridgehead atoms. The molecule has 1 aliphatic carbocycles. The molecule has 0 aromatic heterocycles. The molecule has 0 aromatic carbocycles. The molecule has 0 amide bonds.